The van der Waals surface area contributed by atoms with Crippen LogP contribution in [0.4, 0.5) is 17.6 Å². The van der Waals surface area contributed by atoms with Crippen LogP contribution in [0.15, 0.2) is 34.3 Å². The highest BCUT2D eigenvalue weighted by Gasteiger charge is 2.65. The fourth-order valence-electron chi connectivity index (χ4n) is 2.64. The molecule has 1 unspecified atom stereocenters. The van der Waals surface area contributed by atoms with Gasteiger partial charge < -0.3 is 19.1 Å². The van der Waals surface area contributed by atoms with Crippen LogP contribution >= 0.6 is 0 Å². The molecule has 2 aliphatic heterocycles. The van der Waals surface area contributed by atoms with Crippen molar-refractivity contribution in [3.05, 3.63) is 35.6 Å². The van der Waals surface area contributed by atoms with Crippen molar-refractivity contribution in [1.82, 2.24) is 4.90 Å². The van der Waals surface area contributed by atoms with E-state index in [0.29, 0.717) is 0 Å². The summed E-state index contributed by atoms with van der Waals surface area (Å²) < 4.78 is 70.8. The first-order valence-electron chi connectivity index (χ1n) is 8.47. The van der Waals surface area contributed by atoms with E-state index in [-0.39, 0.29) is 38.5 Å². The molecule has 0 aliphatic carbocycles. The molecule has 2 heterocycles. The maximum absolute atomic E-state index is 14.0. The van der Waals surface area contributed by atoms with Gasteiger partial charge in [0.1, 0.15) is 5.82 Å². The minimum absolute atomic E-state index is 0.0708. The van der Waals surface area contributed by atoms with Crippen molar-refractivity contribution >= 4 is 17.9 Å². The predicted octanol–water partition coefficient (Wildman–Crippen LogP) is 2.11. The summed E-state index contributed by atoms with van der Waals surface area (Å²) in [5, 5.41) is 0. The van der Waals surface area contributed by atoms with Gasteiger partial charge in [0.15, 0.2) is 0 Å². The highest BCUT2D eigenvalue weighted by Crippen LogP contribution is 2.39. The molecule has 0 spiro atoms. The van der Waals surface area contributed by atoms with Crippen LogP contribution in [0, 0.1) is 5.82 Å². The fourth-order valence-corrected chi connectivity index (χ4v) is 2.64. The Morgan fingerprint density at radius 2 is 2.00 bits per heavy atom. The molecule has 0 radical (unpaired) electrons. The van der Waals surface area contributed by atoms with Crippen LogP contribution in [0.5, 0.6) is 0 Å². The molecule has 1 saturated heterocycles. The standard InChI is InChI=1S/C17H17F4N3O4/c1-2-27-14(25)16(17(19,20)21)22-13(11-4-3-5-12(18)10-11)28-15(23-16)24-6-8-26-9-7-24/h3-5,10H,2,6-9H2,1H3. The highest BCUT2D eigenvalue weighted by atomic mass is 19.4. The first-order valence-corrected chi connectivity index (χ1v) is 8.47. The Balaban J connectivity index is 2.14. The molecule has 152 valence electrons. The van der Waals surface area contributed by atoms with Gasteiger partial charge in [-0.2, -0.15) is 23.2 Å². The second-order valence-corrected chi connectivity index (χ2v) is 5.91. The summed E-state index contributed by atoms with van der Waals surface area (Å²) in [6.45, 7) is 1.95. The van der Waals surface area contributed by atoms with Gasteiger partial charge in [0.25, 0.3) is 6.02 Å². The van der Waals surface area contributed by atoms with Crippen LogP contribution < -0.4 is 0 Å². The number of carbonyl (C=O) groups excluding carboxylic acids is 1. The van der Waals surface area contributed by atoms with Crippen LogP contribution in [0.25, 0.3) is 0 Å². The number of hydrogen-bond donors (Lipinski definition) is 0. The minimum Gasteiger partial charge on any atom is -0.462 e. The van der Waals surface area contributed by atoms with Crippen LogP contribution in [-0.4, -0.2) is 67.5 Å². The molecule has 0 saturated carbocycles. The van der Waals surface area contributed by atoms with E-state index in [1.54, 1.807) is 0 Å². The van der Waals surface area contributed by atoms with Crippen molar-refractivity contribution in [2.24, 2.45) is 9.98 Å². The molecule has 2 aliphatic rings. The van der Waals surface area contributed by atoms with Gasteiger partial charge in [0, 0.05) is 18.7 Å². The van der Waals surface area contributed by atoms with Crippen LogP contribution in [0.2, 0.25) is 0 Å². The molecule has 0 N–H and O–H groups in total. The molecule has 11 heteroatoms. The average molecular weight is 403 g/mol. The van der Waals surface area contributed by atoms with Gasteiger partial charge in [-0.25, -0.2) is 9.18 Å². The second kappa shape index (κ2) is 7.74. The number of rotatable bonds is 3. The topological polar surface area (TPSA) is 72.7 Å². The lowest BCUT2D eigenvalue weighted by molar-refractivity contribution is -0.204. The number of aliphatic imine (C=N–C) groups is 2. The van der Waals surface area contributed by atoms with Gasteiger partial charge >= 0.3 is 17.8 Å². The Bertz CT molecular complexity index is 806. The molecule has 0 bridgehead atoms. The summed E-state index contributed by atoms with van der Waals surface area (Å²) in [6.07, 6.45) is -5.21. The fraction of sp³-hybridized carbons (Fsp3) is 0.471. The predicted molar refractivity (Wildman–Crippen MR) is 89.3 cm³/mol. The molecular weight excluding hydrogens is 386 g/mol. The summed E-state index contributed by atoms with van der Waals surface area (Å²) in [6, 6.07) is 4.22. The molecule has 0 amide bonds. The lowest BCUT2D eigenvalue weighted by Crippen LogP contribution is -2.56. The zero-order valence-corrected chi connectivity index (χ0v) is 14.8. The maximum atomic E-state index is 14.0. The Morgan fingerprint density at radius 3 is 2.61 bits per heavy atom. The zero-order valence-electron chi connectivity index (χ0n) is 14.8. The number of ether oxygens (including phenoxy) is 3. The molecule has 1 aromatic rings. The lowest BCUT2D eigenvalue weighted by Gasteiger charge is -2.35. The third-order valence-electron chi connectivity index (χ3n) is 4.02. The molecular formula is C17H17F4N3O4. The van der Waals surface area contributed by atoms with Gasteiger partial charge in [0.2, 0.25) is 5.90 Å². The van der Waals surface area contributed by atoms with Crippen LogP contribution in [-0.2, 0) is 19.0 Å². The maximum Gasteiger partial charge on any atom is 0.446 e. The number of morpholine rings is 1. The number of benzene rings is 1. The van der Waals surface area contributed by atoms with E-state index < -0.39 is 35.5 Å². The van der Waals surface area contributed by atoms with Gasteiger partial charge in [-0.3, -0.25) is 0 Å². The molecule has 3 rings (SSSR count). The first kappa shape index (κ1) is 20.1. The van der Waals surface area contributed by atoms with Crippen molar-refractivity contribution in [1.29, 1.82) is 0 Å². The van der Waals surface area contributed by atoms with Gasteiger partial charge in [-0.05, 0) is 25.1 Å². The SMILES string of the molecule is CCOC(=O)C1(C(F)(F)F)N=C(c2cccc(F)c2)OC(N2CCOCC2)=N1. The molecule has 28 heavy (non-hydrogen) atoms. The second-order valence-electron chi connectivity index (χ2n) is 5.91. The Labute approximate surface area is 157 Å². The third-order valence-corrected chi connectivity index (χ3v) is 4.02. The lowest BCUT2D eigenvalue weighted by atomic mass is 10.1. The summed E-state index contributed by atoms with van der Waals surface area (Å²) in [5.74, 6) is -2.97. The van der Waals surface area contributed by atoms with E-state index in [1.807, 2.05) is 0 Å². The van der Waals surface area contributed by atoms with Crippen molar-refractivity contribution in [2.45, 2.75) is 18.8 Å². The number of esters is 1. The minimum atomic E-state index is -5.21. The smallest absolute Gasteiger partial charge is 0.446 e. The van der Waals surface area contributed by atoms with Crippen molar-refractivity contribution in [2.75, 3.05) is 32.9 Å². The molecule has 1 atom stereocenters. The summed E-state index contributed by atoms with van der Waals surface area (Å²) in [7, 11) is 0. The molecule has 7 nitrogen and oxygen atoms in total. The highest BCUT2D eigenvalue weighted by molar-refractivity contribution is 6.05. The van der Waals surface area contributed by atoms with E-state index in [4.69, 9.17) is 9.47 Å². The first-order chi connectivity index (χ1) is 13.3. The number of halogens is 4. The van der Waals surface area contributed by atoms with E-state index in [2.05, 4.69) is 14.7 Å². The van der Waals surface area contributed by atoms with Gasteiger partial charge in [-0.1, -0.05) is 6.07 Å². The zero-order chi connectivity index (χ0) is 20.4. The number of nitrogens with zero attached hydrogens (tertiary/aromatic N) is 3. The summed E-state index contributed by atoms with van der Waals surface area (Å²) in [5.41, 5.74) is -3.62. The van der Waals surface area contributed by atoms with E-state index in [9.17, 15) is 22.4 Å². The van der Waals surface area contributed by atoms with Crippen molar-refractivity contribution in [3.8, 4) is 0 Å². The monoisotopic (exact) mass is 403 g/mol. The van der Waals surface area contributed by atoms with E-state index in [0.717, 1.165) is 12.1 Å². The van der Waals surface area contributed by atoms with E-state index in [1.165, 1.54) is 24.0 Å². The van der Waals surface area contributed by atoms with Gasteiger partial charge in [0.05, 0.1) is 19.8 Å². The third kappa shape index (κ3) is 3.79. The number of alkyl halides is 3. The molecule has 1 aromatic carbocycles. The molecule has 0 aromatic heterocycles. The van der Waals surface area contributed by atoms with Crippen molar-refractivity contribution in [3.63, 3.8) is 0 Å². The summed E-state index contributed by atoms with van der Waals surface area (Å²) in [4.78, 5) is 20.7. The quantitative estimate of drug-likeness (QED) is 0.571. The average Bonchev–Trinajstić information content (AvgIpc) is 2.67. The van der Waals surface area contributed by atoms with Crippen LogP contribution in [0.1, 0.15) is 12.5 Å². The van der Waals surface area contributed by atoms with Crippen LogP contribution in [0.3, 0.4) is 0 Å². The Kier molecular flexibility index (Phi) is 5.54. The molecule has 1 fully saturated rings. The normalized spacial score (nSPS) is 22.8. The van der Waals surface area contributed by atoms with Crippen molar-refractivity contribution < 1.29 is 36.6 Å². The number of hydrogen-bond acceptors (Lipinski definition) is 7. The van der Waals surface area contributed by atoms with E-state index >= 15 is 0 Å². The number of amidine groups is 1. The number of carbonyl (C=O) groups is 1. The Hall–Kier alpha value is -2.69. The summed E-state index contributed by atoms with van der Waals surface area (Å²) >= 11 is 0. The Morgan fingerprint density at radius 1 is 1.29 bits per heavy atom. The van der Waals surface area contributed by atoms with Gasteiger partial charge in [-0.15, -0.1) is 0 Å². The largest absolute Gasteiger partial charge is 0.462 e.